The van der Waals surface area contributed by atoms with E-state index in [1.165, 1.54) is 28.7 Å². The van der Waals surface area contributed by atoms with Gasteiger partial charge in [-0.25, -0.2) is 0 Å². The lowest BCUT2D eigenvalue weighted by Gasteiger charge is -2.32. The van der Waals surface area contributed by atoms with Gasteiger partial charge in [-0.15, -0.1) is 10.2 Å². The predicted octanol–water partition coefficient (Wildman–Crippen LogP) is 0.989. The first kappa shape index (κ1) is 18.2. The molecule has 1 aromatic carbocycles. The summed E-state index contributed by atoms with van der Waals surface area (Å²) in [5.41, 5.74) is 1.36. The van der Waals surface area contributed by atoms with Crippen LogP contribution in [0.4, 0.5) is 5.13 Å². The first-order valence-corrected chi connectivity index (χ1v) is 10.4. The van der Waals surface area contributed by atoms with Crippen molar-refractivity contribution in [3.8, 4) is 0 Å². The smallest absolute Gasteiger partial charge is 0.233 e. The van der Waals surface area contributed by atoms with Crippen molar-refractivity contribution in [1.82, 2.24) is 15.1 Å². The van der Waals surface area contributed by atoms with Crippen molar-refractivity contribution in [2.45, 2.75) is 17.8 Å². The number of hydrogen-bond donors (Lipinski definition) is 2. The van der Waals surface area contributed by atoms with E-state index in [2.05, 4.69) is 39.8 Å². The number of aromatic nitrogens is 2. The summed E-state index contributed by atoms with van der Waals surface area (Å²) in [6.07, 6.45) is 0. The molecule has 0 spiro atoms. The third-order valence-electron chi connectivity index (χ3n) is 4.17. The first-order chi connectivity index (χ1) is 12.2. The number of carbonyl (C=O) groups is 1. The molecule has 2 heterocycles. The van der Waals surface area contributed by atoms with Gasteiger partial charge in [0.2, 0.25) is 11.0 Å². The molecule has 1 aromatic heterocycles. The maximum atomic E-state index is 12.4. The van der Waals surface area contributed by atoms with Crippen molar-refractivity contribution in [1.29, 1.82) is 0 Å². The summed E-state index contributed by atoms with van der Waals surface area (Å²) in [4.78, 5) is 15.9. The van der Waals surface area contributed by atoms with Gasteiger partial charge in [-0.05, 0) is 6.92 Å². The second-order valence-electron chi connectivity index (χ2n) is 5.99. The molecule has 0 unspecified atom stereocenters. The Morgan fingerprint density at radius 2 is 2.04 bits per heavy atom. The monoisotopic (exact) mass is 378 g/mol. The average Bonchev–Trinajstić information content (AvgIpc) is 3.09. The van der Waals surface area contributed by atoms with Crippen molar-refractivity contribution < 1.29 is 9.69 Å². The van der Waals surface area contributed by atoms with Gasteiger partial charge in [0.1, 0.15) is 6.54 Å². The van der Waals surface area contributed by atoms with Crippen LogP contribution in [0.3, 0.4) is 0 Å². The molecule has 25 heavy (non-hydrogen) atoms. The summed E-state index contributed by atoms with van der Waals surface area (Å²) in [5.74, 6) is 0.637. The molecule has 6 nitrogen and oxygen atoms in total. The zero-order chi connectivity index (χ0) is 17.5. The summed E-state index contributed by atoms with van der Waals surface area (Å²) < 4.78 is 0.845. The quantitative estimate of drug-likeness (QED) is 0.704. The first-order valence-electron chi connectivity index (χ1n) is 8.60. The molecule has 0 saturated carbocycles. The van der Waals surface area contributed by atoms with E-state index in [-0.39, 0.29) is 5.91 Å². The van der Waals surface area contributed by atoms with Crippen LogP contribution in [-0.2, 0) is 11.3 Å². The molecule has 1 aliphatic heterocycles. The third-order valence-corrected chi connectivity index (χ3v) is 6.17. The van der Waals surface area contributed by atoms with E-state index in [0.29, 0.717) is 5.75 Å². The van der Waals surface area contributed by atoms with Crippen molar-refractivity contribution in [3.05, 3.63) is 35.9 Å². The van der Waals surface area contributed by atoms with Gasteiger partial charge in [-0.3, -0.25) is 4.79 Å². The minimum absolute atomic E-state index is 0.198. The van der Waals surface area contributed by atoms with Gasteiger partial charge in [0.15, 0.2) is 4.34 Å². The Hall–Kier alpha value is -1.64. The highest BCUT2D eigenvalue weighted by Crippen LogP contribution is 2.25. The predicted molar refractivity (Wildman–Crippen MR) is 102 cm³/mol. The van der Waals surface area contributed by atoms with Crippen LogP contribution < -0.4 is 10.2 Å². The molecule has 1 fully saturated rings. The number of benzene rings is 1. The molecular formula is C17H24N5OS2+. The van der Waals surface area contributed by atoms with E-state index in [0.717, 1.165) is 48.7 Å². The van der Waals surface area contributed by atoms with Gasteiger partial charge in [0, 0.05) is 12.1 Å². The second-order valence-corrected chi connectivity index (χ2v) is 8.19. The number of carbonyl (C=O) groups excluding carboxylic acids is 1. The Labute approximate surface area is 156 Å². The largest absolute Gasteiger partial charge is 0.360 e. The van der Waals surface area contributed by atoms with E-state index in [9.17, 15) is 4.79 Å². The molecule has 0 radical (unpaired) electrons. The molecule has 0 aliphatic carbocycles. The van der Waals surface area contributed by atoms with E-state index < -0.39 is 0 Å². The molecule has 8 heteroatoms. The van der Waals surface area contributed by atoms with Crippen LogP contribution in [0.15, 0.2) is 34.7 Å². The third kappa shape index (κ3) is 5.42. The second kappa shape index (κ2) is 9.17. The van der Waals surface area contributed by atoms with E-state index in [4.69, 9.17) is 0 Å². The Bertz CT molecular complexity index is 671. The van der Waals surface area contributed by atoms with Gasteiger partial charge >= 0.3 is 0 Å². The topological polar surface area (TPSA) is 62.6 Å². The van der Waals surface area contributed by atoms with Crippen LogP contribution in [0.2, 0.25) is 0 Å². The minimum atomic E-state index is 0.198. The molecule has 0 atom stereocenters. The molecule has 134 valence electrons. The number of nitrogens with zero attached hydrogens (tertiary/aromatic N) is 3. The summed E-state index contributed by atoms with van der Waals surface area (Å²) in [5, 5.41) is 12.1. The maximum absolute atomic E-state index is 12.4. The van der Waals surface area contributed by atoms with Crippen LogP contribution in [-0.4, -0.2) is 59.5 Å². The van der Waals surface area contributed by atoms with Gasteiger partial charge < -0.3 is 15.1 Å². The average molecular weight is 379 g/mol. The standard InChI is InChI=1S/C17H23N5OS2/c1-2-18-16-19-20-17(25-16)24-13-15(23)22-10-8-21(9-11-22)12-14-6-4-3-5-7-14/h3-7H,2,8-13H2,1H3,(H,18,19)/p+1. The highest BCUT2D eigenvalue weighted by Gasteiger charge is 2.24. The van der Waals surface area contributed by atoms with Crippen LogP contribution >= 0.6 is 23.1 Å². The molecule has 2 aromatic rings. The number of quaternary nitrogens is 1. The van der Waals surface area contributed by atoms with Crippen LogP contribution in [0.1, 0.15) is 12.5 Å². The summed E-state index contributed by atoms with van der Waals surface area (Å²) in [7, 11) is 0. The van der Waals surface area contributed by atoms with Crippen molar-refractivity contribution in [2.75, 3.05) is 43.8 Å². The number of amides is 1. The van der Waals surface area contributed by atoms with Crippen LogP contribution in [0, 0.1) is 0 Å². The zero-order valence-corrected chi connectivity index (χ0v) is 16.0. The summed E-state index contributed by atoms with van der Waals surface area (Å²) in [6.45, 7) is 7.57. The van der Waals surface area contributed by atoms with E-state index >= 15 is 0 Å². The van der Waals surface area contributed by atoms with Gasteiger partial charge in [0.05, 0.1) is 31.9 Å². The number of thioether (sulfide) groups is 1. The van der Waals surface area contributed by atoms with Crippen molar-refractivity contribution >= 4 is 34.1 Å². The number of hydrogen-bond acceptors (Lipinski definition) is 6. The van der Waals surface area contributed by atoms with Gasteiger partial charge in [0.25, 0.3) is 0 Å². The number of rotatable bonds is 7. The Morgan fingerprint density at radius 1 is 1.28 bits per heavy atom. The lowest BCUT2D eigenvalue weighted by molar-refractivity contribution is -0.917. The molecular weight excluding hydrogens is 354 g/mol. The van der Waals surface area contributed by atoms with Crippen molar-refractivity contribution in [3.63, 3.8) is 0 Å². The van der Waals surface area contributed by atoms with Crippen molar-refractivity contribution in [2.24, 2.45) is 0 Å². The summed E-state index contributed by atoms with van der Waals surface area (Å²) in [6, 6.07) is 10.6. The number of anilines is 1. The minimum Gasteiger partial charge on any atom is -0.360 e. The Morgan fingerprint density at radius 3 is 2.76 bits per heavy atom. The van der Waals surface area contributed by atoms with Crippen LogP contribution in [0.25, 0.3) is 0 Å². The highest BCUT2D eigenvalue weighted by molar-refractivity contribution is 8.01. The normalized spacial score (nSPS) is 15.3. The Kier molecular flexibility index (Phi) is 6.66. The van der Waals surface area contributed by atoms with E-state index in [1.54, 1.807) is 4.90 Å². The number of piperazine rings is 1. The Balaban J connectivity index is 1.40. The van der Waals surface area contributed by atoms with E-state index in [1.807, 2.05) is 17.9 Å². The fourth-order valence-corrected chi connectivity index (χ4v) is 4.56. The molecule has 3 rings (SSSR count). The molecule has 1 aliphatic rings. The van der Waals surface area contributed by atoms with Crippen LogP contribution in [0.5, 0.6) is 0 Å². The van der Waals surface area contributed by atoms with Gasteiger partial charge in [-0.2, -0.15) is 0 Å². The maximum Gasteiger partial charge on any atom is 0.233 e. The molecule has 0 bridgehead atoms. The van der Waals surface area contributed by atoms with Gasteiger partial charge in [-0.1, -0.05) is 53.4 Å². The molecule has 1 saturated heterocycles. The SMILES string of the molecule is CCNc1nnc(SCC(=O)N2CC[NH+](Cc3ccccc3)CC2)s1. The fourth-order valence-electron chi connectivity index (χ4n) is 2.84. The highest BCUT2D eigenvalue weighted by atomic mass is 32.2. The lowest BCUT2D eigenvalue weighted by Crippen LogP contribution is -3.13. The zero-order valence-electron chi connectivity index (χ0n) is 14.4. The fraction of sp³-hybridized carbons (Fsp3) is 0.471. The molecule has 1 amide bonds. The number of nitrogens with one attached hydrogen (secondary N) is 2. The lowest BCUT2D eigenvalue weighted by atomic mass is 10.2. The summed E-state index contributed by atoms with van der Waals surface area (Å²) >= 11 is 2.98. The molecule has 2 N–H and O–H groups in total.